The summed E-state index contributed by atoms with van der Waals surface area (Å²) in [5.41, 5.74) is 1.30. The fourth-order valence-electron chi connectivity index (χ4n) is 2.13. The third-order valence-corrected chi connectivity index (χ3v) is 3.13. The molecule has 3 aromatic rings. The summed E-state index contributed by atoms with van der Waals surface area (Å²) in [5, 5.41) is 13.7. The van der Waals surface area contributed by atoms with E-state index in [2.05, 4.69) is 58.1 Å². The van der Waals surface area contributed by atoms with Crippen molar-refractivity contribution in [2.75, 3.05) is 6.54 Å². The lowest BCUT2D eigenvalue weighted by Crippen LogP contribution is -2.19. The fourth-order valence-corrected chi connectivity index (χ4v) is 2.13. The zero-order valence-corrected chi connectivity index (χ0v) is 10.7. The van der Waals surface area contributed by atoms with Crippen molar-refractivity contribution in [3.63, 3.8) is 0 Å². The Morgan fingerprint density at radius 2 is 1.95 bits per heavy atom. The molecule has 0 saturated carbocycles. The zero-order chi connectivity index (χ0) is 12.9. The van der Waals surface area contributed by atoms with Crippen LogP contribution in [0.15, 0.2) is 54.9 Å². The highest BCUT2D eigenvalue weighted by molar-refractivity contribution is 5.82. The van der Waals surface area contributed by atoms with E-state index in [4.69, 9.17) is 0 Å². The van der Waals surface area contributed by atoms with Gasteiger partial charge in [-0.15, -0.1) is 5.10 Å². The van der Waals surface area contributed by atoms with Crippen molar-refractivity contribution in [1.29, 1.82) is 0 Å². The summed E-state index contributed by atoms with van der Waals surface area (Å²) in [6.07, 6.45) is 3.57. The van der Waals surface area contributed by atoms with Gasteiger partial charge in [-0.05, 0) is 22.4 Å². The van der Waals surface area contributed by atoms with Crippen LogP contribution in [0.25, 0.3) is 10.8 Å². The van der Waals surface area contributed by atoms with Crippen molar-refractivity contribution in [3.8, 4) is 0 Å². The quantitative estimate of drug-likeness (QED) is 0.708. The van der Waals surface area contributed by atoms with Gasteiger partial charge in [0.25, 0.3) is 0 Å². The van der Waals surface area contributed by atoms with E-state index in [9.17, 15) is 0 Å². The van der Waals surface area contributed by atoms with Crippen molar-refractivity contribution in [2.24, 2.45) is 0 Å². The number of fused-ring (bicyclic) bond motifs is 1. The Morgan fingerprint density at radius 3 is 2.79 bits per heavy atom. The number of benzene rings is 2. The molecule has 4 heteroatoms. The van der Waals surface area contributed by atoms with Crippen LogP contribution >= 0.6 is 0 Å². The SMILES string of the molecule is c1ccc2cc(CNCCn3ccnn3)ccc2c1. The predicted octanol–water partition coefficient (Wildman–Crippen LogP) is 2.22. The minimum atomic E-state index is 0.841. The monoisotopic (exact) mass is 252 g/mol. The van der Waals surface area contributed by atoms with Gasteiger partial charge in [0.1, 0.15) is 0 Å². The highest BCUT2D eigenvalue weighted by Gasteiger charge is 1.96. The molecule has 4 nitrogen and oxygen atoms in total. The van der Waals surface area contributed by atoms with Crippen LogP contribution in [0.1, 0.15) is 5.56 Å². The summed E-state index contributed by atoms with van der Waals surface area (Å²) < 4.78 is 1.83. The minimum Gasteiger partial charge on any atom is -0.311 e. The van der Waals surface area contributed by atoms with Gasteiger partial charge in [-0.25, -0.2) is 0 Å². The number of nitrogens with zero attached hydrogens (tertiary/aromatic N) is 3. The Labute approximate surface area is 112 Å². The summed E-state index contributed by atoms with van der Waals surface area (Å²) in [4.78, 5) is 0. The molecular weight excluding hydrogens is 236 g/mol. The number of aromatic nitrogens is 3. The molecule has 0 aliphatic carbocycles. The third kappa shape index (κ3) is 2.98. The summed E-state index contributed by atoms with van der Waals surface area (Å²) in [7, 11) is 0. The smallest absolute Gasteiger partial charge is 0.0692 e. The van der Waals surface area contributed by atoms with Crippen molar-refractivity contribution in [1.82, 2.24) is 20.3 Å². The second kappa shape index (κ2) is 5.63. The topological polar surface area (TPSA) is 42.7 Å². The second-order valence-corrected chi connectivity index (χ2v) is 4.52. The van der Waals surface area contributed by atoms with E-state index in [0.29, 0.717) is 0 Å². The Kier molecular flexibility index (Phi) is 3.51. The van der Waals surface area contributed by atoms with Gasteiger partial charge >= 0.3 is 0 Å². The molecule has 3 rings (SSSR count). The maximum Gasteiger partial charge on any atom is 0.0692 e. The lowest BCUT2D eigenvalue weighted by Gasteiger charge is -2.06. The highest BCUT2D eigenvalue weighted by Crippen LogP contribution is 2.15. The van der Waals surface area contributed by atoms with Gasteiger partial charge in [-0.3, -0.25) is 4.68 Å². The molecule has 0 saturated heterocycles. The van der Waals surface area contributed by atoms with Gasteiger partial charge in [-0.1, -0.05) is 41.6 Å². The molecule has 0 spiro atoms. The van der Waals surface area contributed by atoms with Crippen LogP contribution in [0.4, 0.5) is 0 Å². The first kappa shape index (κ1) is 11.9. The summed E-state index contributed by atoms with van der Waals surface area (Å²) in [6.45, 7) is 2.60. The first-order valence-corrected chi connectivity index (χ1v) is 6.44. The average Bonchev–Trinajstić information content (AvgIpc) is 2.97. The average molecular weight is 252 g/mol. The minimum absolute atomic E-state index is 0.841. The molecule has 0 aliphatic rings. The summed E-state index contributed by atoms with van der Waals surface area (Å²) in [5.74, 6) is 0. The second-order valence-electron chi connectivity index (χ2n) is 4.52. The number of rotatable bonds is 5. The molecule has 1 heterocycles. The first-order valence-electron chi connectivity index (χ1n) is 6.44. The molecule has 19 heavy (non-hydrogen) atoms. The molecule has 0 bridgehead atoms. The van der Waals surface area contributed by atoms with Crippen molar-refractivity contribution in [3.05, 3.63) is 60.4 Å². The molecule has 0 amide bonds. The number of hydrogen-bond acceptors (Lipinski definition) is 3. The lowest BCUT2D eigenvalue weighted by atomic mass is 10.1. The Morgan fingerprint density at radius 1 is 1.05 bits per heavy atom. The maximum atomic E-state index is 3.93. The molecule has 2 aromatic carbocycles. The largest absolute Gasteiger partial charge is 0.311 e. The number of hydrogen-bond donors (Lipinski definition) is 1. The highest BCUT2D eigenvalue weighted by atomic mass is 15.4. The van der Waals surface area contributed by atoms with Gasteiger partial charge in [-0.2, -0.15) is 0 Å². The van der Waals surface area contributed by atoms with Crippen molar-refractivity contribution in [2.45, 2.75) is 13.1 Å². The fraction of sp³-hybridized carbons (Fsp3) is 0.200. The molecule has 96 valence electrons. The molecular formula is C15H16N4. The van der Waals surface area contributed by atoms with Gasteiger partial charge in [0.2, 0.25) is 0 Å². The van der Waals surface area contributed by atoms with Gasteiger partial charge < -0.3 is 5.32 Å². The van der Waals surface area contributed by atoms with Crippen LogP contribution in [0.3, 0.4) is 0 Å². The maximum absolute atomic E-state index is 3.93. The van der Waals surface area contributed by atoms with E-state index < -0.39 is 0 Å². The van der Waals surface area contributed by atoms with E-state index in [1.54, 1.807) is 6.20 Å². The number of nitrogens with one attached hydrogen (secondary N) is 1. The van der Waals surface area contributed by atoms with Crippen LogP contribution in [0.5, 0.6) is 0 Å². The van der Waals surface area contributed by atoms with Gasteiger partial charge in [0.05, 0.1) is 12.7 Å². The molecule has 0 radical (unpaired) electrons. The van der Waals surface area contributed by atoms with Crippen LogP contribution in [-0.4, -0.2) is 21.5 Å². The van der Waals surface area contributed by atoms with Gasteiger partial charge in [0, 0.05) is 19.3 Å². The van der Waals surface area contributed by atoms with E-state index in [0.717, 1.165) is 19.6 Å². The van der Waals surface area contributed by atoms with Crippen LogP contribution in [0.2, 0.25) is 0 Å². The Balaban J connectivity index is 1.56. The molecule has 0 atom stereocenters. The predicted molar refractivity (Wildman–Crippen MR) is 75.7 cm³/mol. The molecule has 0 fully saturated rings. The van der Waals surface area contributed by atoms with E-state index in [-0.39, 0.29) is 0 Å². The molecule has 0 aliphatic heterocycles. The standard InChI is InChI=1S/C15H16N4/c1-2-4-15-11-13(5-6-14(15)3-1)12-16-7-9-19-10-8-17-18-19/h1-6,8,10-11,16H,7,9,12H2. The van der Waals surface area contributed by atoms with E-state index in [1.807, 2.05) is 10.9 Å². The van der Waals surface area contributed by atoms with Crippen LogP contribution in [-0.2, 0) is 13.1 Å². The summed E-state index contributed by atoms with van der Waals surface area (Å²) in [6, 6.07) is 15.0. The zero-order valence-electron chi connectivity index (χ0n) is 10.7. The van der Waals surface area contributed by atoms with Gasteiger partial charge in [0.15, 0.2) is 0 Å². The lowest BCUT2D eigenvalue weighted by molar-refractivity contribution is 0.540. The van der Waals surface area contributed by atoms with E-state index in [1.165, 1.54) is 16.3 Å². The summed E-state index contributed by atoms with van der Waals surface area (Å²) >= 11 is 0. The normalized spacial score (nSPS) is 10.9. The van der Waals surface area contributed by atoms with Crippen LogP contribution in [0, 0.1) is 0 Å². The van der Waals surface area contributed by atoms with Crippen molar-refractivity contribution < 1.29 is 0 Å². The molecule has 1 N–H and O–H groups in total. The molecule has 1 aromatic heterocycles. The van der Waals surface area contributed by atoms with Crippen LogP contribution < -0.4 is 5.32 Å². The Hall–Kier alpha value is -2.20. The van der Waals surface area contributed by atoms with Crippen molar-refractivity contribution >= 4 is 10.8 Å². The first-order chi connectivity index (χ1) is 9.42. The van der Waals surface area contributed by atoms with E-state index >= 15 is 0 Å². The third-order valence-electron chi connectivity index (χ3n) is 3.13. The Bertz CT molecular complexity index is 646. The molecule has 0 unspecified atom stereocenters.